The van der Waals surface area contributed by atoms with Crippen LogP contribution in [0.5, 0.6) is 5.88 Å². The SMILES string of the molecule is CN1C(=O)N(CC2COC2)[C@@](C)(CC2CCC(n3c(=O)c(C(=N)N)c(O)n(C[C@H]4CCC4(F)F)c3=O)CC2)C1=O. The van der Waals surface area contributed by atoms with E-state index in [-0.39, 0.29) is 36.6 Å². The Morgan fingerprint density at radius 3 is 2.23 bits per heavy atom. The summed E-state index contributed by atoms with van der Waals surface area (Å²) < 4.78 is 34.9. The van der Waals surface area contributed by atoms with Crippen molar-refractivity contribution in [2.45, 2.75) is 75.9 Å². The van der Waals surface area contributed by atoms with Crippen LogP contribution in [-0.2, 0) is 16.1 Å². The third-order valence-electron chi connectivity index (χ3n) is 9.34. The maximum Gasteiger partial charge on any atom is 0.334 e. The van der Waals surface area contributed by atoms with Crippen molar-refractivity contribution in [2.75, 3.05) is 26.8 Å². The minimum Gasteiger partial charge on any atom is -0.494 e. The van der Waals surface area contributed by atoms with Gasteiger partial charge in [-0.15, -0.1) is 0 Å². The summed E-state index contributed by atoms with van der Waals surface area (Å²) in [7, 11) is 1.48. The molecule has 4 fully saturated rings. The average molecular weight is 567 g/mol. The number of alkyl halides is 2. The van der Waals surface area contributed by atoms with Gasteiger partial charge < -0.3 is 20.5 Å². The molecule has 12 nitrogen and oxygen atoms in total. The first-order valence-corrected chi connectivity index (χ1v) is 13.7. The van der Waals surface area contributed by atoms with E-state index in [1.807, 2.05) is 0 Å². The van der Waals surface area contributed by atoms with Crippen molar-refractivity contribution in [3.63, 3.8) is 0 Å². The number of hydrogen-bond acceptors (Lipinski definition) is 7. The number of urea groups is 1. The van der Waals surface area contributed by atoms with Crippen LogP contribution < -0.4 is 17.0 Å². The van der Waals surface area contributed by atoms with Crippen LogP contribution in [0.2, 0.25) is 0 Å². The lowest BCUT2D eigenvalue weighted by Gasteiger charge is -2.40. The van der Waals surface area contributed by atoms with Gasteiger partial charge in [-0.3, -0.25) is 29.0 Å². The number of amides is 3. The van der Waals surface area contributed by atoms with Gasteiger partial charge >= 0.3 is 11.7 Å². The van der Waals surface area contributed by atoms with Gasteiger partial charge in [0.2, 0.25) is 5.88 Å². The number of nitrogens with one attached hydrogen (secondary N) is 1. The highest BCUT2D eigenvalue weighted by molar-refractivity contribution is 6.06. The third-order valence-corrected chi connectivity index (χ3v) is 9.34. The highest BCUT2D eigenvalue weighted by Gasteiger charge is 2.54. The minimum atomic E-state index is -2.98. The summed E-state index contributed by atoms with van der Waals surface area (Å²) in [5.41, 5.74) is 2.14. The molecule has 2 saturated carbocycles. The van der Waals surface area contributed by atoms with Crippen molar-refractivity contribution in [2.24, 2.45) is 23.5 Å². The lowest BCUT2D eigenvalue weighted by atomic mass is 9.77. The fraction of sp³-hybridized carbons (Fsp3) is 0.731. The van der Waals surface area contributed by atoms with Gasteiger partial charge in [-0.25, -0.2) is 18.4 Å². The molecule has 1 aromatic rings. The van der Waals surface area contributed by atoms with E-state index in [4.69, 9.17) is 15.9 Å². The molecule has 0 unspecified atom stereocenters. The van der Waals surface area contributed by atoms with E-state index in [2.05, 4.69) is 0 Å². The van der Waals surface area contributed by atoms with Crippen LogP contribution >= 0.6 is 0 Å². The van der Waals surface area contributed by atoms with Gasteiger partial charge in [0.05, 0.1) is 13.2 Å². The predicted octanol–water partition coefficient (Wildman–Crippen LogP) is 1.47. The van der Waals surface area contributed by atoms with Crippen LogP contribution in [0.4, 0.5) is 13.6 Å². The van der Waals surface area contributed by atoms with Crippen molar-refractivity contribution >= 4 is 17.8 Å². The van der Waals surface area contributed by atoms with E-state index in [0.717, 1.165) is 14.0 Å². The molecule has 3 heterocycles. The molecule has 1 aromatic heterocycles. The molecule has 0 aromatic carbocycles. The zero-order chi connectivity index (χ0) is 29.1. The van der Waals surface area contributed by atoms with Crippen molar-refractivity contribution in [3.8, 4) is 5.88 Å². The number of aromatic hydroxyl groups is 1. The molecular formula is C26H36F2N6O6. The van der Waals surface area contributed by atoms with Crippen molar-refractivity contribution in [1.82, 2.24) is 18.9 Å². The first-order valence-electron chi connectivity index (χ1n) is 13.7. The number of halogens is 2. The van der Waals surface area contributed by atoms with Crippen LogP contribution in [0, 0.1) is 23.2 Å². The minimum absolute atomic E-state index is 0.0284. The number of aromatic nitrogens is 2. The molecule has 2 saturated heterocycles. The smallest absolute Gasteiger partial charge is 0.334 e. The van der Waals surface area contributed by atoms with Gasteiger partial charge in [0, 0.05) is 44.4 Å². The topological polar surface area (TPSA) is 164 Å². The summed E-state index contributed by atoms with van der Waals surface area (Å²) in [6.07, 6.45) is 2.14. The van der Waals surface area contributed by atoms with Crippen LogP contribution in [0.25, 0.3) is 0 Å². The Kier molecular flexibility index (Phi) is 7.04. The Balaban J connectivity index is 1.36. The van der Waals surface area contributed by atoms with Crippen LogP contribution in [0.3, 0.4) is 0 Å². The second kappa shape index (κ2) is 9.96. The highest BCUT2D eigenvalue weighted by atomic mass is 19.3. The molecule has 0 spiro atoms. The summed E-state index contributed by atoms with van der Waals surface area (Å²) in [6, 6.07) is -0.930. The lowest BCUT2D eigenvalue weighted by molar-refractivity contribution is -0.138. The Morgan fingerprint density at radius 2 is 1.73 bits per heavy atom. The number of amidine groups is 1. The predicted molar refractivity (Wildman–Crippen MR) is 139 cm³/mol. The largest absolute Gasteiger partial charge is 0.494 e. The fourth-order valence-electron chi connectivity index (χ4n) is 6.64. The number of rotatable bonds is 8. The average Bonchev–Trinajstić information content (AvgIpc) is 3.01. The highest BCUT2D eigenvalue weighted by Crippen LogP contribution is 2.45. The van der Waals surface area contributed by atoms with Gasteiger partial charge in [0.25, 0.3) is 17.4 Å². The second-order valence-corrected chi connectivity index (χ2v) is 12.0. The molecule has 2 aliphatic carbocycles. The van der Waals surface area contributed by atoms with Crippen molar-refractivity contribution in [1.29, 1.82) is 5.41 Å². The van der Waals surface area contributed by atoms with E-state index in [9.17, 15) is 33.1 Å². The standard InChI is InChI=1S/C26H36F2N6O6/c1-25(22(37)31(2)23(38)33(25)10-15-12-40-13-15)9-14-3-5-17(6-4-14)34-21(36)18(19(29)30)20(35)32(24(34)39)11-16-7-8-26(16,27)28/h14-17,35H,3-13H2,1-2H3,(H3,29,30)/t14?,16-,17?,25+/m1/s1. The van der Waals surface area contributed by atoms with E-state index in [1.54, 1.807) is 11.8 Å². The molecule has 4 aliphatic rings. The summed E-state index contributed by atoms with van der Waals surface area (Å²) in [6.45, 7) is 2.81. The molecule has 14 heteroatoms. The van der Waals surface area contributed by atoms with E-state index in [1.165, 1.54) is 7.05 Å². The van der Waals surface area contributed by atoms with Gasteiger partial charge in [-0.05, 0) is 51.4 Å². The molecular weight excluding hydrogens is 530 g/mol. The fourth-order valence-corrected chi connectivity index (χ4v) is 6.64. The molecule has 4 N–H and O–H groups in total. The van der Waals surface area contributed by atoms with Gasteiger partial charge in [-0.2, -0.15) is 0 Å². The summed E-state index contributed by atoms with van der Waals surface area (Å²) in [5, 5.41) is 18.4. The molecule has 5 rings (SSSR count). The van der Waals surface area contributed by atoms with Gasteiger partial charge in [-0.1, -0.05) is 0 Å². The number of imide groups is 1. The van der Waals surface area contributed by atoms with Crippen LogP contribution in [0.15, 0.2) is 9.59 Å². The van der Waals surface area contributed by atoms with E-state index >= 15 is 0 Å². The first kappa shape index (κ1) is 28.2. The Bertz CT molecular complexity index is 1350. The van der Waals surface area contributed by atoms with Crippen LogP contribution in [-0.4, -0.2) is 80.1 Å². The van der Waals surface area contributed by atoms with Gasteiger partial charge in [0.15, 0.2) is 0 Å². The number of nitrogens with two attached hydrogens (primary N) is 1. The molecule has 220 valence electrons. The quantitative estimate of drug-likeness (QED) is 0.244. The van der Waals surface area contributed by atoms with E-state index in [0.29, 0.717) is 51.9 Å². The maximum atomic E-state index is 14.0. The number of carbonyl (C=O) groups is 2. The summed E-state index contributed by atoms with van der Waals surface area (Å²) >= 11 is 0. The third kappa shape index (κ3) is 4.49. The first-order chi connectivity index (χ1) is 18.8. The number of carbonyl (C=O) groups excluding carboxylic acids is 2. The molecule has 2 aliphatic heterocycles. The van der Waals surface area contributed by atoms with E-state index < -0.39 is 58.5 Å². The Labute approximate surface area is 229 Å². The maximum absolute atomic E-state index is 14.0. The zero-order valence-corrected chi connectivity index (χ0v) is 22.7. The number of ether oxygens (including phenoxy) is 1. The second-order valence-electron chi connectivity index (χ2n) is 12.0. The molecule has 40 heavy (non-hydrogen) atoms. The monoisotopic (exact) mass is 566 g/mol. The summed E-state index contributed by atoms with van der Waals surface area (Å²) in [5.74, 6) is -5.83. The van der Waals surface area contributed by atoms with Crippen molar-refractivity contribution in [3.05, 3.63) is 26.4 Å². The number of nitrogen functional groups attached to an aromatic ring is 1. The molecule has 2 atom stereocenters. The number of hydrogen-bond donors (Lipinski definition) is 3. The molecule has 3 amide bonds. The lowest BCUT2D eigenvalue weighted by Crippen LogP contribution is -2.52. The molecule has 0 bridgehead atoms. The van der Waals surface area contributed by atoms with Gasteiger partial charge in [0.1, 0.15) is 16.9 Å². The Morgan fingerprint density at radius 1 is 1.07 bits per heavy atom. The van der Waals surface area contributed by atoms with Crippen LogP contribution in [0.1, 0.15) is 63.5 Å². The summed E-state index contributed by atoms with van der Waals surface area (Å²) in [4.78, 5) is 55.4. The zero-order valence-electron chi connectivity index (χ0n) is 22.7. The number of nitrogens with zero attached hydrogens (tertiary/aromatic N) is 4. The Hall–Kier alpha value is -3.29. The number of likely N-dealkylation sites (N-methyl/N-ethyl adjacent to an activating group) is 1. The normalized spacial score (nSPS) is 30.4. The van der Waals surface area contributed by atoms with Crippen molar-refractivity contribution < 1.29 is 28.2 Å². The molecule has 0 radical (unpaired) electrons.